The summed E-state index contributed by atoms with van der Waals surface area (Å²) in [7, 11) is 3.58. The average molecular weight is 596 g/mol. The van der Waals surface area contributed by atoms with Gasteiger partial charge < -0.3 is 29.1 Å². The Bertz CT molecular complexity index is 1600. The number of hydrogen-bond acceptors (Lipinski definition) is 9. The number of methoxy groups -OCH3 is 1. The van der Waals surface area contributed by atoms with Gasteiger partial charge in [0, 0.05) is 48.9 Å². The molecule has 3 aliphatic rings. The van der Waals surface area contributed by atoms with Gasteiger partial charge in [-0.2, -0.15) is 15.2 Å². The smallest absolute Gasteiger partial charge is 0.318 e. The number of aromatic nitrogens is 2. The maximum Gasteiger partial charge on any atom is 0.318 e. The lowest BCUT2D eigenvalue weighted by Crippen LogP contribution is -2.56. The molecule has 2 saturated heterocycles. The summed E-state index contributed by atoms with van der Waals surface area (Å²) in [5, 5.41) is 12.1. The summed E-state index contributed by atoms with van der Waals surface area (Å²) >= 11 is 0. The van der Waals surface area contributed by atoms with Crippen molar-refractivity contribution in [1.29, 1.82) is 5.26 Å². The summed E-state index contributed by atoms with van der Waals surface area (Å²) in [6.07, 6.45) is 3.25. The van der Waals surface area contributed by atoms with Crippen molar-refractivity contribution in [2.24, 2.45) is 0 Å². The molecular formula is C34H41N7O3. The number of amides is 1. The lowest BCUT2D eigenvalue weighted by Gasteiger charge is -2.42. The number of likely N-dealkylation sites (tertiary alicyclic amines) is 1. The highest BCUT2D eigenvalue weighted by atomic mass is 16.5. The fourth-order valence-corrected chi connectivity index (χ4v) is 6.89. The molecule has 2 fully saturated rings. The third-order valence-electron chi connectivity index (χ3n) is 9.39. The Morgan fingerprint density at radius 3 is 2.66 bits per heavy atom. The first-order chi connectivity index (χ1) is 21.4. The summed E-state index contributed by atoms with van der Waals surface area (Å²) in [6.45, 7) is 10.5. The number of carbonyl (C=O) groups excluding carboxylic acids is 1. The van der Waals surface area contributed by atoms with Crippen molar-refractivity contribution in [2.75, 3.05) is 63.3 Å². The molecule has 10 heteroatoms. The average Bonchev–Trinajstić information content (AvgIpc) is 3.46. The van der Waals surface area contributed by atoms with Crippen LogP contribution in [0.25, 0.3) is 10.8 Å². The highest BCUT2D eigenvalue weighted by Crippen LogP contribution is 2.36. The number of fused-ring (bicyclic) bond motifs is 2. The molecule has 0 radical (unpaired) electrons. The van der Waals surface area contributed by atoms with Gasteiger partial charge in [0.2, 0.25) is 0 Å². The first-order valence-corrected chi connectivity index (χ1v) is 15.5. The maximum absolute atomic E-state index is 13.0. The quantitative estimate of drug-likeness (QED) is 0.282. The Hall–Kier alpha value is -4.36. The molecule has 4 heterocycles. The number of likely N-dealkylation sites (N-methyl/N-ethyl adjacent to an activating group) is 1. The third kappa shape index (κ3) is 5.76. The van der Waals surface area contributed by atoms with E-state index in [1.54, 1.807) is 4.90 Å². The molecule has 2 aromatic carbocycles. The van der Waals surface area contributed by atoms with Crippen molar-refractivity contribution in [3.05, 3.63) is 65.6 Å². The first-order valence-electron chi connectivity index (χ1n) is 15.5. The van der Waals surface area contributed by atoms with Crippen LogP contribution in [0.1, 0.15) is 36.1 Å². The van der Waals surface area contributed by atoms with Crippen LogP contribution < -0.4 is 14.5 Å². The fraction of sp³-hybridized carbons (Fsp3) is 0.471. The number of nitriles is 1. The van der Waals surface area contributed by atoms with Gasteiger partial charge >= 0.3 is 6.01 Å². The summed E-state index contributed by atoms with van der Waals surface area (Å²) in [5.41, 5.74) is 4.54. The molecule has 0 unspecified atom stereocenters. The van der Waals surface area contributed by atoms with E-state index in [1.807, 2.05) is 0 Å². The Kier molecular flexibility index (Phi) is 8.58. The second kappa shape index (κ2) is 12.7. The SMILES string of the molecule is C=C(OC)C(=O)N1CCN(c2nc(OC[C@@H]3CCCN3C)nc3c2CCN(c2cccc4cccc(C)c24)C3)C[C@@H]1CC#N. The van der Waals surface area contributed by atoms with E-state index in [4.69, 9.17) is 19.4 Å². The van der Waals surface area contributed by atoms with Gasteiger partial charge in [-0.1, -0.05) is 36.9 Å². The topological polar surface area (TPSA) is 98.1 Å². The van der Waals surface area contributed by atoms with E-state index in [0.717, 1.165) is 43.0 Å². The van der Waals surface area contributed by atoms with Crippen molar-refractivity contribution >= 4 is 28.2 Å². The normalized spacial score (nSPS) is 20.4. The van der Waals surface area contributed by atoms with Crippen LogP contribution in [0.4, 0.5) is 11.5 Å². The van der Waals surface area contributed by atoms with E-state index in [-0.39, 0.29) is 24.1 Å². The Labute approximate surface area is 259 Å². The molecule has 3 aromatic rings. The predicted octanol–water partition coefficient (Wildman–Crippen LogP) is 4.06. The minimum atomic E-state index is -0.311. The molecule has 6 rings (SSSR count). The molecule has 3 aliphatic heterocycles. The molecule has 0 saturated carbocycles. The van der Waals surface area contributed by atoms with E-state index in [1.165, 1.54) is 35.6 Å². The van der Waals surface area contributed by atoms with Gasteiger partial charge in [0.1, 0.15) is 12.4 Å². The number of aryl methyl sites for hydroxylation is 1. The van der Waals surface area contributed by atoms with Crippen LogP contribution in [0, 0.1) is 18.3 Å². The molecule has 0 bridgehead atoms. The predicted molar refractivity (Wildman–Crippen MR) is 171 cm³/mol. The molecule has 10 nitrogen and oxygen atoms in total. The van der Waals surface area contributed by atoms with Crippen LogP contribution >= 0.6 is 0 Å². The highest BCUT2D eigenvalue weighted by molar-refractivity contribution is 5.97. The van der Waals surface area contributed by atoms with Gasteiger partial charge in [-0.15, -0.1) is 0 Å². The molecule has 1 amide bonds. The minimum absolute atomic E-state index is 0.0807. The molecule has 0 spiro atoms. The van der Waals surface area contributed by atoms with E-state index < -0.39 is 0 Å². The minimum Gasteiger partial charge on any atom is -0.492 e. The standard InChI is InChI=1S/C34H41N7O3/c1-23-8-5-9-25-10-6-12-30(31(23)25)39-17-14-28-29(21-39)36-34(44-22-27-11-7-16-38(27)3)37-32(28)40-18-19-41(26(20-40)13-15-35)33(42)24(2)43-4/h5-6,8-10,12,26-27H,2,7,11,13-14,16-22H2,1,3-4H3/t26-,27-/m0/s1. The van der Waals surface area contributed by atoms with Crippen LogP contribution in [0.2, 0.25) is 0 Å². The Morgan fingerprint density at radius 1 is 1.09 bits per heavy atom. The van der Waals surface area contributed by atoms with Crippen molar-refractivity contribution < 1.29 is 14.3 Å². The van der Waals surface area contributed by atoms with Crippen molar-refractivity contribution in [3.63, 3.8) is 0 Å². The number of carbonyl (C=O) groups is 1. The van der Waals surface area contributed by atoms with Gasteiger partial charge in [-0.25, -0.2) is 0 Å². The first kappa shape index (κ1) is 29.7. The maximum atomic E-state index is 13.0. The van der Waals surface area contributed by atoms with Gasteiger partial charge in [0.05, 0.1) is 37.9 Å². The van der Waals surface area contributed by atoms with E-state index in [0.29, 0.717) is 44.8 Å². The van der Waals surface area contributed by atoms with E-state index in [2.05, 4.69) is 77.7 Å². The third-order valence-corrected chi connectivity index (χ3v) is 9.39. The zero-order valence-corrected chi connectivity index (χ0v) is 26.0. The lowest BCUT2D eigenvalue weighted by atomic mass is 9.99. The molecule has 1 aromatic heterocycles. The summed E-state index contributed by atoms with van der Waals surface area (Å²) in [4.78, 5) is 31.6. The van der Waals surface area contributed by atoms with Gasteiger partial charge in [0.15, 0.2) is 5.76 Å². The summed E-state index contributed by atoms with van der Waals surface area (Å²) in [6, 6.07) is 15.6. The second-order valence-electron chi connectivity index (χ2n) is 12.1. The van der Waals surface area contributed by atoms with Crippen LogP contribution in [-0.2, 0) is 22.5 Å². The van der Waals surface area contributed by atoms with Crippen molar-refractivity contribution in [1.82, 2.24) is 19.8 Å². The second-order valence-corrected chi connectivity index (χ2v) is 12.1. The molecule has 44 heavy (non-hydrogen) atoms. The van der Waals surface area contributed by atoms with Crippen LogP contribution in [0.3, 0.4) is 0 Å². The highest BCUT2D eigenvalue weighted by Gasteiger charge is 2.35. The zero-order chi connectivity index (χ0) is 30.8. The van der Waals surface area contributed by atoms with Crippen LogP contribution in [-0.4, -0.2) is 91.2 Å². The number of ether oxygens (including phenoxy) is 2. The number of anilines is 2. The molecule has 0 aliphatic carbocycles. The largest absolute Gasteiger partial charge is 0.492 e. The molecule has 0 N–H and O–H groups in total. The zero-order valence-electron chi connectivity index (χ0n) is 26.0. The fourth-order valence-electron chi connectivity index (χ4n) is 6.89. The van der Waals surface area contributed by atoms with Gasteiger partial charge in [-0.05, 0) is 56.8 Å². The monoisotopic (exact) mass is 595 g/mol. The number of benzene rings is 2. The summed E-state index contributed by atoms with van der Waals surface area (Å²) < 4.78 is 11.4. The number of rotatable bonds is 8. The van der Waals surface area contributed by atoms with Gasteiger partial charge in [0.25, 0.3) is 5.91 Å². The lowest BCUT2D eigenvalue weighted by molar-refractivity contribution is -0.132. The van der Waals surface area contributed by atoms with E-state index in [9.17, 15) is 10.1 Å². The number of hydrogen-bond donors (Lipinski definition) is 0. The number of piperazine rings is 1. The van der Waals surface area contributed by atoms with Crippen LogP contribution in [0.5, 0.6) is 6.01 Å². The molecule has 230 valence electrons. The van der Waals surface area contributed by atoms with Gasteiger partial charge in [-0.3, -0.25) is 4.79 Å². The van der Waals surface area contributed by atoms with Crippen molar-refractivity contribution in [2.45, 2.75) is 51.2 Å². The summed E-state index contributed by atoms with van der Waals surface area (Å²) in [5.74, 6) is 0.652. The van der Waals surface area contributed by atoms with Crippen molar-refractivity contribution in [3.8, 4) is 12.1 Å². The van der Waals surface area contributed by atoms with Crippen LogP contribution in [0.15, 0.2) is 48.7 Å². The molecule has 2 atom stereocenters. The Balaban J connectivity index is 1.33. The van der Waals surface area contributed by atoms with E-state index >= 15 is 0 Å². The Morgan fingerprint density at radius 2 is 1.91 bits per heavy atom. The molecular weight excluding hydrogens is 554 g/mol. The number of nitrogens with zero attached hydrogens (tertiary/aromatic N) is 7.